The molecule has 1 aromatic heterocycles. The molecule has 0 aliphatic carbocycles. The van der Waals surface area contributed by atoms with Crippen molar-refractivity contribution in [1.29, 1.82) is 0 Å². The van der Waals surface area contributed by atoms with E-state index >= 15 is 4.39 Å². The van der Waals surface area contributed by atoms with E-state index in [2.05, 4.69) is 9.97 Å². The first-order valence-corrected chi connectivity index (χ1v) is 8.51. The average molecular weight is 419 g/mol. The summed E-state index contributed by atoms with van der Waals surface area (Å²) in [4.78, 5) is 20.5. The molecule has 1 fully saturated rings. The van der Waals surface area contributed by atoms with Crippen LogP contribution in [-0.2, 0) is 12.9 Å². The number of rotatable bonds is 6. The van der Waals surface area contributed by atoms with Crippen LogP contribution in [0.5, 0.6) is 0 Å². The first-order chi connectivity index (χ1) is 17.0. The summed E-state index contributed by atoms with van der Waals surface area (Å²) in [5, 5.41) is 1.28. The van der Waals surface area contributed by atoms with Crippen molar-refractivity contribution in [3.63, 3.8) is 0 Å². The Morgan fingerprint density at radius 2 is 2.07 bits per heavy atom. The van der Waals surface area contributed by atoms with Crippen molar-refractivity contribution in [3.05, 3.63) is 58.4 Å². The fraction of sp³-hybridized carbons (Fsp3) is 0.450. The number of carbonyl (C=O) groups is 1. The fourth-order valence-electron chi connectivity index (χ4n) is 2.24. The largest absolute Gasteiger partial charge is 0.338 e. The van der Waals surface area contributed by atoms with Crippen molar-refractivity contribution in [2.75, 3.05) is 19.5 Å². The second kappa shape index (κ2) is 8.92. The van der Waals surface area contributed by atoms with Gasteiger partial charge in [0.1, 0.15) is 17.3 Å². The van der Waals surface area contributed by atoms with E-state index in [-0.39, 0.29) is 16.0 Å². The number of likely N-dealkylation sites (tertiary alicyclic amines) is 1. The van der Waals surface area contributed by atoms with Crippen LogP contribution < -0.4 is 5.32 Å². The van der Waals surface area contributed by atoms with Gasteiger partial charge < -0.3 is 10.2 Å². The van der Waals surface area contributed by atoms with Gasteiger partial charge in [-0.15, -0.1) is 0 Å². The van der Waals surface area contributed by atoms with Gasteiger partial charge in [0, 0.05) is 61.3 Å². The standard InChI is InChI=1S/C20H23ClF2N4O/c1-2-14-10-25-18(26-11-14)12-24-13-20(23)5-7-27(8-6-20)19(28)15-3-4-17(22)16(21)9-15/h3-4,9-11,24H,2,5-8,12-13H2,1H3/i2D2,7D2,8D2,12D2,13D2. The molecule has 0 atom stereocenters. The number of nitrogens with zero attached hydrogens (tertiary/aromatic N) is 3. The van der Waals surface area contributed by atoms with Gasteiger partial charge in [0.2, 0.25) is 0 Å². The zero-order chi connectivity index (χ0) is 29.1. The van der Waals surface area contributed by atoms with Gasteiger partial charge in [0.15, 0.2) is 0 Å². The van der Waals surface area contributed by atoms with Gasteiger partial charge in [0.05, 0.1) is 14.3 Å². The number of halogens is 3. The van der Waals surface area contributed by atoms with E-state index < -0.39 is 73.4 Å². The van der Waals surface area contributed by atoms with E-state index in [0.717, 1.165) is 30.6 Å². The maximum atomic E-state index is 16.2. The zero-order valence-corrected chi connectivity index (χ0v) is 15.4. The molecule has 1 aliphatic rings. The van der Waals surface area contributed by atoms with Gasteiger partial charge in [0.25, 0.3) is 5.91 Å². The molecule has 3 rings (SSSR count). The lowest BCUT2D eigenvalue weighted by atomic mass is 9.92. The molecule has 1 saturated heterocycles. The van der Waals surface area contributed by atoms with Crippen molar-refractivity contribution in [3.8, 4) is 0 Å². The lowest BCUT2D eigenvalue weighted by Crippen LogP contribution is -2.48. The molecule has 1 aromatic carbocycles. The molecule has 1 amide bonds. The minimum atomic E-state index is -3.42. The van der Waals surface area contributed by atoms with E-state index in [9.17, 15) is 9.18 Å². The summed E-state index contributed by atoms with van der Waals surface area (Å²) >= 11 is 5.67. The van der Waals surface area contributed by atoms with Crippen LogP contribution >= 0.6 is 11.6 Å². The molecule has 5 nitrogen and oxygen atoms in total. The lowest BCUT2D eigenvalue weighted by molar-refractivity contribution is 0.0434. The van der Waals surface area contributed by atoms with Crippen molar-refractivity contribution in [2.24, 2.45) is 0 Å². The number of carbonyl (C=O) groups excluding carboxylic acids is 1. The molecule has 0 radical (unpaired) electrons. The molecule has 8 heteroatoms. The number of alkyl halides is 1. The Morgan fingerprint density at radius 1 is 1.39 bits per heavy atom. The van der Waals surface area contributed by atoms with Crippen LogP contribution in [-0.4, -0.2) is 45.9 Å². The first-order valence-electron chi connectivity index (χ1n) is 13.1. The highest BCUT2D eigenvalue weighted by molar-refractivity contribution is 6.31. The maximum Gasteiger partial charge on any atom is 0.253 e. The smallest absolute Gasteiger partial charge is 0.253 e. The van der Waals surface area contributed by atoms with E-state index in [1.165, 1.54) is 6.92 Å². The number of piperidine rings is 1. The molecular weight excluding hydrogens is 386 g/mol. The predicted molar refractivity (Wildman–Crippen MR) is 104 cm³/mol. The van der Waals surface area contributed by atoms with Gasteiger partial charge in [-0.1, -0.05) is 18.5 Å². The van der Waals surface area contributed by atoms with Crippen LogP contribution in [0.1, 0.15) is 55.2 Å². The van der Waals surface area contributed by atoms with Crippen LogP contribution in [0.4, 0.5) is 8.78 Å². The van der Waals surface area contributed by atoms with E-state index in [1.807, 2.05) is 0 Å². The number of benzene rings is 1. The van der Waals surface area contributed by atoms with Gasteiger partial charge in [-0.3, -0.25) is 4.79 Å². The van der Waals surface area contributed by atoms with Crippen molar-refractivity contribution in [1.82, 2.24) is 20.2 Å². The van der Waals surface area contributed by atoms with Crippen molar-refractivity contribution in [2.45, 2.75) is 38.3 Å². The summed E-state index contributed by atoms with van der Waals surface area (Å²) < 4.78 is 111. The fourth-order valence-corrected chi connectivity index (χ4v) is 2.42. The maximum absolute atomic E-state index is 16.2. The van der Waals surface area contributed by atoms with Crippen LogP contribution in [0.3, 0.4) is 0 Å². The average Bonchev–Trinajstić information content (AvgIpc) is 2.72. The molecule has 0 unspecified atom stereocenters. The first kappa shape index (κ1) is 11.2. The van der Waals surface area contributed by atoms with Gasteiger partial charge >= 0.3 is 0 Å². The third-order valence-corrected chi connectivity index (χ3v) is 4.10. The highest BCUT2D eigenvalue weighted by Gasteiger charge is 2.36. The van der Waals surface area contributed by atoms with Crippen molar-refractivity contribution < 1.29 is 27.3 Å². The topological polar surface area (TPSA) is 58.1 Å². The Morgan fingerprint density at radius 3 is 2.68 bits per heavy atom. The summed E-state index contributed by atoms with van der Waals surface area (Å²) in [7, 11) is 0. The number of aromatic nitrogens is 2. The monoisotopic (exact) mass is 418 g/mol. The highest BCUT2D eigenvalue weighted by Crippen LogP contribution is 2.27. The lowest BCUT2D eigenvalue weighted by Gasteiger charge is -2.36. The summed E-state index contributed by atoms with van der Waals surface area (Å²) in [5.74, 6) is -2.84. The molecule has 2 aromatic rings. The van der Waals surface area contributed by atoms with Crippen LogP contribution in [0.2, 0.25) is 5.02 Å². The number of amides is 1. The highest BCUT2D eigenvalue weighted by atomic mass is 35.5. The van der Waals surface area contributed by atoms with Crippen molar-refractivity contribution >= 4 is 17.5 Å². The molecule has 0 saturated carbocycles. The van der Waals surface area contributed by atoms with Crippen LogP contribution in [0, 0.1) is 5.82 Å². The predicted octanol–water partition coefficient (Wildman–Crippen LogP) is 3.57. The zero-order valence-electron chi connectivity index (χ0n) is 24.7. The molecule has 2 heterocycles. The van der Waals surface area contributed by atoms with Crippen LogP contribution in [0.15, 0.2) is 30.6 Å². The summed E-state index contributed by atoms with van der Waals surface area (Å²) in [5.41, 5.74) is -3.78. The number of hydrogen-bond donors (Lipinski definition) is 1. The summed E-state index contributed by atoms with van der Waals surface area (Å²) in [6.45, 7) is -11.4. The Balaban J connectivity index is 1.91. The minimum Gasteiger partial charge on any atom is -0.338 e. The van der Waals surface area contributed by atoms with E-state index in [4.69, 9.17) is 25.3 Å². The number of hydrogen-bond acceptors (Lipinski definition) is 4. The minimum absolute atomic E-state index is 0.00268. The SMILES string of the molecule is [2H]C([2H])(C)c1cnc(C([2H])([2H])NC([2H])([2H])C2(F)CC([2H])([2H])N(C(=O)c3ccc(F)c(Cl)c3)C([2H])([2H])C2)nc1. The molecular formula is C20H23ClF2N4O. The van der Waals surface area contributed by atoms with Crippen LogP contribution in [0.25, 0.3) is 0 Å². The molecule has 1 aliphatic heterocycles. The molecule has 0 bridgehead atoms. The molecule has 1 N–H and O–H groups in total. The third kappa shape index (κ3) is 5.02. The molecule has 0 spiro atoms. The Labute approximate surface area is 182 Å². The Kier molecular flexibility index (Phi) is 3.56. The molecule has 28 heavy (non-hydrogen) atoms. The van der Waals surface area contributed by atoms with Gasteiger partial charge in [-0.2, -0.15) is 0 Å². The second-order valence-corrected chi connectivity index (χ2v) is 6.23. The number of aryl methyl sites for hydroxylation is 1. The van der Waals surface area contributed by atoms with Gasteiger partial charge in [-0.25, -0.2) is 18.7 Å². The van der Waals surface area contributed by atoms with E-state index in [0.29, 0.717) is 0 Å². The summed E-state index contributed by atoms with van der Waals surface area (Å²) in [6, 6.07) is 2.61. The summed E-state index contributed by atoms with van der Waals surface area (Å²) in [6.07, 6.45) is -2.69. The molecule has 150 valence electrons. The Hall–Kier alpha value is -2.12. The quantitative estimate of drug-likeness (QED) is 0.779. The van der Waals surface area contributed by atoms with Gasteiger partial charge in [-0.05, 0) is 30.1 Å². The normalized spacial score (nSPS) is 26.6. The van der Waals surface area contributed by atoms with E-state index in [1.54, 1.807) is 5.32 Å². The second-order valence-electron chi connectivity index (χ2n) is 5.82. The number of nitrogens with one attached hydrogen (secondary N) is 1. The third-order valence-electron chi connectivity index (χ3n) is 3.81. The Bertz CT molecular complexity index is 1210.